The summed E-state index contributed by atoms with van der Waals surface area (Å²) in [5.74, 6) is 0. The number of hydrogen-bond acceptors (Lipinski definition) is 4. The van der Waals surface area contributed by atoms with Crippen molar-refractivity contribution in [2.45, 2.75) is 11.6 Å². The summed E-state index contributed by atoms with van der Waals surface area (Å²) in [5.41, 5.74) is 0. The SMILES string of the molecule is CN(Cc1cc(Br)cs1)S(=O)(=O)c1ncn(C)c1Cl. The first-order valence-corrected chi connectivity index (χ1v) is 8.67. The van der Waals surface area contributed by atoms with Crippen LogP contribution in [0.3, 0.4) is 0 Å². The van der Waals surface area contributed by atoms with Gasteiger partial charge in [0.1, 0.15) is 5.15 Å². The molecule has 2 rings (SSSR count). The number of nitrogens with zero attached hydrogens (tertiary/aromatic N) is 3. The van der Waals surface area contributed by atoms with Gasteiger partial charge in [-0.15, -0.1) is 11.3 Å². The van der Waals surface area contributed by atoms with Crippen LogP contribution in [0.1, 0.15) is 4.88 Å². The summed E-state index contributed by atoms with van der Waals surface area (Å²) in [4.78, 5) is 4.79. The highest BCUT2D eigenvalue weighted by molar-refractivity contribution is 9.10. The summed E-state index contributed by atoms with van der Waals surface area (Å²) in [5, 5.41) is 1.90. The Morgan fingerprint density at radius 2 is 2.26 bits per heavy atom. The van der Waals surface area contributed by atoms with Gasteiger partial charge in [-0.05, 0) is 22.0 Å². The van der Waals surface area contributed by atoms with Crippen molar-refractivity contribution in [2.24, 2.45) is 7.05 Å². The van der Waals surface area contributed by atoms with E-state index in [1.165, 1.54) is 33.6 Å². The molecular weight excluding hydrogens is 374 g/mol. The minimum Gasteiger partial charge on any atom is -0.324 e. The molecule has 9 heteroatoms. The van der Waals surface area contributed by atoms with Crippen LogP contribution in [-0.2, 0) is 23.6 Å². The molecule has 0 saturated heterocycles. The number of halogens is 2. The van der Waals surface area contributed by atoms with E-state index in [1.54, 1.807) is 7.05 Å². The normalized spacial score (nSPS) is 12.3. The number of aromatic nitrogens is 2. The molecule has 0 spiro atoms. The van der Waals surface area contributed by atoms with Crippen LogP contribution in [0.2, 0.25) is 5.15 Å². The molecular formula is C10H11BrClN3O2S2. The lowest BCUT2D eigenvalue weighted by Gasteiger charge is -2.14. The molecule has 104 valence electrons. The summed E-state index contributed by atoms with van der Waals surface area (Å²) in [6, 6.07) is 1.89. The third-order valence-electron chi connectivity index (χ3n) is 2.49. The first-order valence-electron chi connectivity index (χ1n) is 5.18. The molecule has 5 nitrogen and oxygen atoms in total. The number of imidazole rings is 1. The number of hydrogen-bond donors (Lipinski definition) is 0. The summed E-state index contributed by atoms with van der Waals surface area (Å²) in [6.07, 6.45) is 1.38. The number of thiophene rings is 1. The van der Waals surface area contributed by atoms with E-state index >= 15 is 0 Å². The highest BCUT2D eigenvalue weighted by atomic mass is 79.9. The molecule has 2 heterocycles. The lowest BCUT2D eigenvalue weighted by atomic mass is 10.5. The first kappa shape index (κ1) is 15.0. The topological polar surface area (TPSA) is 55.2 Å². The monoisotopic (exact) mass is 383 g/mol. The molecule has 0 bridgehead atoms. The van der Waals surface area contributed by atoms with Crippen molar-refractivity contribution in [2.75, 3.05) is 7.05 Å². The average molecular weight is 385 g/mol. The maximum absolute atomic E-state index is 12.3. The zero-order valence-electron chi connectivity index (χ0n) is 10.2. The Morgan fingerprint density at radius 3 is 2.74 bits per heavy atom. The van der Waals surface area contributed by atoms with Crippen LogP contribution < -0.4 is 0 Å². The minimum absolute atomic E-state index is 0.110. The van der Waals surface area contributed by atoms with Crippen molar-refractivity contribution in [1.29, 1.82) is 0 Å². The van der Waals surface area contributed by atoms with Gasteiger partial charge in [0.2, 0.25) is 5.03 Å². The van der Waals surface area contributed by atoms with E-state index in [0.717, 1.165) is 9.35 Å². The molecule has 0 atom stereocenters. The maximum Gasteiger partial charge on any atom is 0.263 e. The van der Waals surface area contributed by atoms with Gasteiger partial charge in [0.15, 0.2) is 0 Å². The van der Waals surface area contributed by atoms with Gasteiger partial charge < -0.3 is 4.57 Å². The Labute approximate surface area is 129 Å². The fourth-order valence-corrected chi connectivity index (χ4v) is 4.57. The quantitative estimate of drug-likeness (QED) is 0.814. The molecule has 0 aliphatic carbocycles. The zero-order valence-corrected chi connectivity index (χ0v) is 14.1. The lowest BCUT2D eigenvalue weighted by molar-refractivity contribution is 0.467. The van der Waals surface area contributed by atoms with Crippen LogP contribution in [0.25, 0.3) is 0 Å². The molecule has 2 aromatic heterocycles. The predicted molar refractivity (Wildman–Crippen MR) is 78.9 cm³/mol. The molecule has 0 saturated carbocycles. The van der Waals surface area contributed by atoms with Crippen LogP contribution in [0.5, 0.6) is 0 Å². The van der Waals surface area contributed by atoms with E-state index < -0.39 is 10.0 Å². The van der Waals surface area contributed by atoms with Crippen LogP contribution in [0, 0.1) is 0 Å². The molecule has 0 radical (unpaired) electrons. The number of rotatable bonds is 4. The highest BCUT2D eigenvalue weighted by Gasteiger charge is 2.27. The van der Waals surface area contributed by atoms with Crippen LogP contribution >= 0.6 is 38.9 Å². The Hall–Kier alpha value is -0.410. The molecule has 19 heavy (non-hydrogen) atoms. The van der Waals surface area contributed by atoms with Crippen molar-refractivity contribution in [3.05, 3.63) is 32.3 Å². The summed E-state index contributed by atoms with van der Waals surface area (Å²) >= 11 is 10.8. The van der Waals surface area contributed by atoms with Gasteiger partial charge in [0.05, 0.1) is 6.33 Å². The van der Waals surface area contributed by atoms with E-state index in [9.17, 15) is 8.42 Å². The van der Waals surface area contributed by atoms with Crippen molar-refractivity contribution < 1.29 is 8.42 Å². The fourth-order valence-electron chi connectivity index (χ4n) is 1.46. The summed E-state index contributed by atoms with van der Waals surface area (Å²) in [7, 11) is -0.525. The predicted octanol–water partition coefficient (Wildman–Crippen LogP) is 2.72. The van der Waals surface area contributed by atoms with E-state index in [0.29, 0.717) is 0 Å². The second-order valence-corrected chi connectivity index (χ2v) is 8.17. The Morgan fingerprint density at radius 1 is 1.58 bits per heavy atom. The number of sulfonamides is 1. The van der Waals surface area contributed by atoms with Crippen LogP contribution in [0.4, 0.5) is 0 Å². The van der Waals surface area contributed by atoms with Crippen LogP contribution in [-0.4, -0.2) is 29.3 Å². The lowest BCUT2D eigenvalue weighted by Crippen LogP contribution is -2.26. The highest BCUT2D eigenvalue weighted by Crippen LogP contribution is 2.25. The number of aryl methyl sites for hydroxylation is 1. The smallest absolute Gasteiger partial charge is 0.263 e. The van der Waals surface area contributed by atoms with Gasteiger partial charge in [-0.2, -0.15) is 4.31 Å². The fraction of sp³-hybridized carbons (Fsp3) is 0.300. The molecule has 0 unspecified atom stereocenters. The van der Waals surface area contributed by atoms with Gasteiger partial charge in [0, 0.05) is 35.4 Å². The zero-order chi connectivity index (χ0) is 14.2. The van der Waals surface area contributed by atoms with E-state index in [-0.39, 0.29) is 16.7 Å². The second kappa shape index (κ2) is 5.53. The van der Waals surface area contributed by atoms with Crippen molar-refractivity contribution in [3.8, 4) is 0 Å². The average Bonchev–Trinajstić information content (AvgIpc) is 2.87. The Balaban J connectivity index is 2.27. The van der Waals surface area contributed by atoms with Gasteiger partial charge in [0.25, 0.3) is 10.0 Å². The maximum atomic E-state index is 12.3. The molecule has 0 amide bonds. The van der Waals surface area contributed by atoms with E-state index in [1.807, 2.05) is 11.4 Å². The minimum atomic E-state index is -3.68. The first-order chi connectivity index (χ1) is 8.82. The molecule has 0 aliphatic rings. The third kappa shape index (κ3) is 3.03. The Kier molecular flexibility index (Phi) is 4.36. The van der Waals surface area contributed by atoms with E-state index in [4.69, 9.17) is 11.6 Å². The third-order valence-corrected chi connectivity index (χ3v) is 6.47. The van der Waals surface area contributed by atoms with Gasteiger partial charge in [-0.3, -0.25) is 0 Å². The second-order valence-electron chi connectivity index (χ2n) is 3.94. The van der Waals surface area contributed by atoms with Gasteiger partial charge in [-0.1, -0.05) is 11.6 Å². The van der Waals surface area contributed by atoms with Crippen molar-refractivity contribution >= 4 is 48.9 Å². The molecule has 0 aromatic carbocycles. The molecule has 0 aliphatic heterocycles. The molecule has 2 aromatic rings. The standard InChI is InChI=1S/C10H11BrClN3O2S2/c1-14-6-13-10(9(14)12)19(16,17)15(2)4-8-3-7(11)5-18-8/h3,5-6H,4H2,1-2H3. The van der Waals surface area contributed by atoms with Crippen molar-refractivity contribution in [1.82, 2.24) is 13.9 Å². The summed E-state index contributed by atoms with van der Waals surface area (Å²) < 4.78 is 28.3. The molecule has 0 N–H and O–H groups in total. The largest absolute Gasteiger partial charge is 0.324 e. The van der Waals surface area contributed by atoms with Gasteiger partial charge >= 0.3 is 0 Å². The van der Waals surface area contributed by atoms with Crippen LogP contribution in [0.15, 0.2) is 27.3 Å². The molecule has 0 fully saturated rings. The Bertz CT molecular complexity index is 695. The van der Waals surface area contributed by atoms with Crippen molar-refractivity contribution in [3.63, 3.8) is 0 Å². The van der Waals surface area contributed by atoms with Gasteiger partial charge in [-0.25, -0.2) is 13.4 Å². The van der Waals surface area contributed by atoms with E-state index in [2.05, 4.69) is 20.9 Å². The summed E-state index contributed by atoms with van der Waals surface area (Å²) in [6.45, 7) is 0.283.